The van der Waals surface area contributed by atoms with Gasteiger partial charge < -0.3 is 5.32 Å². The van der Waals surface area contributed by atoms with Crippen molar-refractivity contribution in [2.45, 2.75) is 26.1 Å². The lowest BCUT2D eigenvalue weighted by Crippen LogP contribution is -2.27. The Morgan fingerprint density at radius 1 is 1.35 bits per heavy atom. The number of nitrogens with one attached hydrogen (secondary N) is 1. The van der Waals surface area contributed by atoms with E-state index in [0.29, 0.717) is 9.39 Å². The van der Waals surface area contributed by atoms with E-state index < -0.39 is 23.8 Å². The summed E-state index contributed by atoms with van der Waals surface area (Å²) in [4.78, 5) is 17.6. The van der Waals surface area contributed by atoms with Crippen LogP contribution in [0.4, 0.5) is 13.2 Å². The van der Waals surface area contributed by atoms with Gasteiger partial charge in [0.05, 0.1) is 22.8 Å². The van der Waals surface area contributed by atoms with Crippen molar-refractivity contribution in [2.75, 3.05) is 0 Å². The van der Waals surface area contributed by atoms with E-state index in [4.69, 9.17) is 11.6 Å². The zero-order chi connectivity index (χ0) is 22.5. The lowest BCUT2D eigenvalue weighted by molar-refractivity contribution is -0.142. The van der Waals surface area contributed by atoms with Crippen LogP contribution in [0, 0.1) is 6.92 Å². The Balaban J connectivity index is 1.78. The topological polar surface area (TPSA) is 77.1 Å². The number of hydrogen-bond acceptors (Lipinski definition) is 5. The minimum atomic E-state index is -4.73. The summed E-state index contributed by atoms with van der Waals surface area (Å²) in [6, 6.07) is 3.79. The monoisotopic (exact) mass is 468 g/mol. The molecule has 1 N–H and O–H groups in total. The van der Waals surface area contributed by atoms with Crippen molar-refractivity contribution >= 4 is 34.5 Å². The van der Waals surface area contributed by atoms with Gasteiger partial charge in [-0.2, -0.15) is 23.4 Å². The number of hydrogen-bond donors (Lipinski definition) is 1. The predicted octanol–water partition coefficient (Wildman–Crippen LogP) is 4.66. The highest BCUT2D eigenvalue weighted by atomic mass is 35.5. The summed E-state index contributed by atoms with van der Waals surface area (Å²) in [5.74, 6) is -0.711. The van der Waals surface area contributed by atoms with Gasteiger partial charge in [-0.25, -0.2) is 9.50 Å². The highest BCUT2D eigenvalue weighted by molar-refractivity contribution is 7.13. The van der Waals surface area contributed by atoms with Crippen molar-refractivity contribution in [2.24, 2.45) is 7.05 Å². The standard InChI is InChI=1S/C19H16ClF3N6OS/c1-9(11-8-24-28(3)10(11)2)25-18(30)16-15(20)17-26-12(13-5-4-6-31-13)7-14(19(21,22)23)29(17)27-16/h4-9H,1-3H3,(H,25,30). The Morgan fingerprint density at radius 2 is 2.10 bits per heavy atom. The molecule has 0 radical (unpaired) electrons. The van der Waals surface area contributed by atoms with Gasteiger partial charge >= 0.3 is 6.18 Å². The third-order valence-corrected chi connectivity index (χ3v) is 6.14. The van der Waals surface area contributed by atoms with Gasteiger partial charge in [0.15, 0.2) is 17.0 Å². The quantitative estimate of drug-likeness (QED) is 0.472. The molecule has 0 aromatic carbocycles. The van der Waals surface area contributed by atoms with Crippen LogP contribution in [0.2, 0.25) is 5.02 Å². The van der Waals surface area contributed by atoms with E-state index in [-0.39, 0.29) is 22.1 Å². The first-order valence-corrected chi connectivity index (χ1v) is 10.3. The molecule has 7 nitrogen and oxygen atoms in total. The second-order valence-electron chi connectivity index (χ2n) is 6.90. The van der Waals surface area contributed by atoms with Crippen LogP contribution in [0.5, 0.6) is 0 Å². The van der Waals surface area contributed by atoms with E-state index in [1.807, 2.05) is 6.92 Å². The number of aromatic nitrogens is 5. The Hall–Kier alpha value is -2.92. The van der Waals surface area contributed by atoms with Crippen molar-refractivity contribution in [3.05, 3.63) is 57.4 Å². The van der Waals surface area contributed by atoms with Gasteiger partial charge in [0.1, 0.15) is 5.02 Å². The molecule has 4 aromatic heterocycles. The average Bonchev–Trinajstić information content (AvgIpc) is 3.42. The number of carbonyl (C=O) groups excluding carboxylic acids is 1. The Bertz CT molecular complexity index is 1280. The molecule has 1 amide bonds. The number of alkyl halides is 3. The molecular weight excluding hydrogens is 453 g/mol. The molecule has 0 aliphatic heterocycles. The lowest BCUT2D eigenvalue weighted by atomic mass is 10.1. The van der Waals surface area contributed by atoms with E-state index in [1.54, 1.807) is 42.4 Å². The van der Waals surface area contributed by atoms with Crippen LogP contribution >= 0.6 is 22.9 Å². The van der Waals surface area contributed by atoms with E-state index in [1.165, 1.54) is 11.3 Å². The van der Waals surface area contributed by atoms with Crippen LogP contribution in [0.3, 0.4) is 0 Å². The zero-order valence-electron chi connectivity index (χ0n) is 16.5. The number of aryl methyl sites for hydroxylation is 1. The van der Waals surface area contributed by atoms with Crippen LogP contribution in [0.25, 0.3) is 16.2 Å². The molecule has 1 unspecified atom stereocenters. The van der Waals surface area contributed by atoms with Gasteiger partial charge in [-0.3, -0.25) is 9.48 Å². The smallest absolute Gasteiger partial charge is 0.344 e. The molecule has 0 aliphatic rings. The molecule has 0 bridgehead atoms. The fraction of sp³-hybridized carbons (Fsp3) is 0.263. The second-order valence-corrected chi connectivity index (χ2v) is 8.23. The van der Waals surface area contributed by atoms with Crippen LogP contribution in [0.1, 0.15) is 40.4 Å². The fourth-order valence-corrected chi connectivity index (χ4v) is 4.10. The fourth-order valence-electron chi connectivity index (χ4n) is 3.17. The molecule has 1 atom stereocenters. The van der Waals surface area contributed by atoms with E-state index in [9.17, 15) is 18.0 Å². The Kier molecular flexibility index (Phi) is 5.26. The molecule has 0 saturated carbocycles. The molecule has 12 heteroatoms. The summed E-state index contributed by atoms with van der Waals surface area (Å²) in [6.45, 7) is 3.58. The van der Waals surface area contributed by atoms with Crippen molar-refractivity contribution in [3.8, 4) is 10.6 Å². The number of thiophene rings is 1. The second kappa shape index (κ2) is 7.65. The first kappa shape index (κ1) is 21.3. The number of nitrogens with zero attached hydrogens (tertiary/aromatic N) is 5. The molecule has 162 valence electrons. The predicted molar refractivity (Wildman–Crippen MR) is 110 cm³/mol. The molecular formula is C19H16ClF3N6OS. The largest absolute Gasteiger partial charge is 0.433 e. The van der Waals surface area contributed by atoms with Gasteiger partial charge in [-0.15, -0.1) is 11.3 Å². The molecule has 0 saturated heterocycles. The molecule has 0 spiro atoms. The van der Waals surface area contributed by atoms with Crippen molar-refractivity contribution in [1.82, 2.24) is 29.7 Å². The maximum absolute atomic E-state index is 13.7. The highest BCUT2D eigenvalue weighted by Gasteiger charge is 2.37. The summed E-state index contributed by atoms with van der Waals surface area (Å²) in [6.07, 6.45) is -3.11. The van der Waals surface area contributed by atoms with Crippen LogP contribution in [-0.4, -0.2) is 30.3 Å². The van der Waals surface area contributed by atoms with Gasteiger partial charge in [0, 0.05) is 18.3 Å². The Morgan fingerprint density at radius 3 is 2.68 bits per heavy atom. The summed E-state index contributed by atoms with van der Waals surface area (Å²) in [7, 11) is 1.77. The van der Waals surface area contributed by atoms with Gasteiger partial charge in [-0.1, -0.05) is 17.7 Å². The molecule has 4 aromatic rings. The lowest BCUT2D eigenvalue weighted by Gasteiger charge is -2.12. The Labute approximate surface area is 183 Å². The zero-order valence-corrected chi connectivity index (χ0v) is 18.1. The molecule has 31 heavy (non-hydrogen) atoms. The van der Waals surface area contributed by atoms with Crippen LogP contribution in [0.15, 0.2) is 29.8 Å². The third kappa shape index (κ3) is 3.79. The van der Waals surface area contributed by atoms with E-state index >= 15 is 0 Å². The van der Waals surface area contributed by atoms with Gasteiger partial charge in [-0.05, 0) is 31.4 Å². The summed E-state index contributed by atoms with van der Waals surface area (Å²) >= 11 is 7.53. The van der Waals surface area contributed by atoms with Crippen molar-refractivity contribution in [3.63, 3.8) is 0 Å². The SMILES string of the molecule is Cc1c(C(C)NC(=O)c2nn3c(C(F)(F)F)cc(-c4cccs4)nc3c2Cl)cnn1C. The number of fused-ring (bicyclic) bond motifs is 1. The number of halogens is 4. The first-order valence-electron chi connectivity index (χ1n) is 9.07. The number of rotatable bonds is 4. The van der Waals surface area contributed by atoms with E-state index in [0.717, 1.165) is 17.3 Å². The summed E-state index contributed by atoms with van der Waals surface area (Å²) in [5.41, 5.74) is 0.0629. The number of carbonyl (C=O) groups is 1. The normalized spacial score (nSPS) is 13.0. The van der Waals surface area contributed by atoms with Crippen LogP contribution < -0.4 is 5.32 Å². The highest BCUT2D eigenvalue weighted by Crippen LogP contribution is 2.35. The first-order chi connectivity index (χ1) is 14.6. The molecule has 0 aliphatic carbocycles. The number of amides is 1. The van der Waals surface area contributed by atoms with Crippen molar-refractivity contribution in [1.29, 1.82) is 0 Å². The molecule has 4 rings (SSSR count). The molecule has 0 fully saturated rings. The maximum Gasteiger partial charge on any atom is 0.433 e. The third-order valence-electron chi connectivity index (χ3n) is 4.90. The van der Waals surface area contributed by atoms with E-state index in [2.05, 4.69) is 20.5 Å². The van der Waals surface area contributed by atoms with Crippen molar-refractivity contribution < 1.29 is 18.0 Å². The van der Waals surface area contributed by atoms with Gasteiger partial charge in [0.2, 0.25) is 0 Å². The summed E-state index contributed by atoms with van der Waals surface area (Å²) in [5, 5.41) is 12.2. The average molecular weight is 469 g/mol. The maximum atomic E-state index is 13.7. The minimum Gasteiger partial charge on any atom is -0.344 e. The minimum absolute atomic E-state index is 0.0999. The van der Waals surface area contributed by atoms with Gasteiger partial charge in [0.25, 0.3) is 5.91 Å². The molecule has 4 heterocycles. The summed E-state index contributed by atoms with van der Waals surface area (Å²) < 4.78 is 43.4. The van der Waals surface area contributed by atoms with Crippen LogP contribution in [-0.2, 0) is 13.2 Å².